The maximum atomic E-state index is 11.3. The highest BCUT2D eigenvalue weighted by Crippen LogP contribution is 2.10. The first-order valence-electron chi connectivity index (χ1n) is 4.32. The zero-order valence-electron chi connectivity index (χ0n) is 8.52. The molecule has 0 radical (unpaired) electrons. The SMILES string of the molecule is CN(C)C(=O)Nc1cccc(C(=O)O)c1. The average Bonchev–Trinajstić information content (AvgIpc) is 2.18. The molecule has 0 saturated carbocycles. The normalized spacial score (nSPS) is 9.47. The van der Waals surface area contributed by atoms with Gasteiger partial charge < -0.3 is 15.3 Å². The lowest BCUT2D eigenvalue weighted by Crippen LogP contribution is -2.27. The van der Waals surface area contributed by atoms with Crippen LogP contribution in [0.1, 0.15) is 10.4 Å². The van der Waals surface area contributed by atoms with Crippen molar-refractivity contribution in [1.29, 1.82) is 0 Å². The van der Waals surface area contributed by atoms with E-state index in [-0.39, 0.29) is 11.6 Å². The van der Waals surface area contributed by atoms with E-state index in [1.807, 2.05) is 0 Å². The lowest BCUT2D eigenvalue weighted by molar-refractivity contribution is 0.0697. The molecular weight excluding hydrogens is 196 g/mol. The number of amides is 2. The lowest BCUT2D eigenvalue weighted by Gasteiger charge is -2.11. The molecule has 0 aliphatic rings. The maximum absolute atomic E-state index is 11.3. The van der Waals surface area contributed by atoms with Crippen LogP contribution in [0.25, 0.3) is 0 Å². The minimum Gasteiger partial charge on any atom is -0.478 e. The molecule has 2 amide bonds. The molecular formula is C10H12N2O3. The van der Waals surface area contributed by atoms with Crippen molar-refractivity contribution in [2.24, 2.45) is 0 Å². The predicted molar refractivity (Wildman–Crippen MR) is 56.1 cm³/mol. The number of aromatic carboxylic acids is 1. The molecule has 0 spiro atoms. The number of carbonyl (C=O) groups is 2. The van der Waals surface area contributed by atoms with E-state index in [4.69, 9.17) is 5.11 Å². The number of anilines is 1. The number of rotatable bonds is 2. The first kappa shape index (κ1) is 11.0. The quantitative estimate of drug-likeness (QED) is 0.773. The smallest absolute Gasteiger partial charge is 0.335 e. The van der Waals surface area contributed by atoms with Crippen molar-refractivity contribution in [3.8, 4) is 0 Å². The van der Waals surface area contributed by atoms with Crippen molar-refractivity contribution in [2.45, 2.75) is 0 Å². The number of hydrogen-bond donors (Lipinski definition) is 2. The fourth-order valence-corrected chi connectivity index (χ4v) is 0.965. The van der Waals surface area contributed by atoms with Gasteiger partial charge in [-0.25, -0.2) is 9.59 Å². The molecule has 80 valence electrons. The van der Waals surface area contributed by atoms with Crippen molar-refractivity contribution in [3.05, 3.63) is 29.8 Å². The van der Waals surface area contributed by atoms with Crippen LogP contribution in [0.4, 0.5) is 10.5 Å². The molecule has 0 bridgehead atoms. The molecule has 0 saturated heterocycles. The lowest BCUT2D eigenvalue weighted by atomic mass is 10.2. The predicted octanol–water partition coefficient (Wildman–Crippen LogP) is 1.48. The van der Waals surface area contributed by atoms with Gasteiger partial charge in [-0.15, -0.1) is 0 Å². The van der Waals surface area contributed by atoms with Gasteiger partial charge in [0.25, 0.3) is 0 Å². The minimum atomic E-state index is -1.02. The van der Waals surface area contributed by atoms with Crippen LogP contribution in [-0.2, 0) is 0 Å². The van der Waals surface area contributed by atoms with Crippen LogP contribution < -0.4 is 5.32 Å². The van der Waals surface area contributed by atoms with E-state index < -0.39 is 5.97 Å². The first-order chi connectivity index (χ1) is 7.00. The first-order valence-corrected chi connectivity index (χ1v) is 4.32. The highest BCUT2D eigenvalue weighted by atomic mass is 16.4. The summed E-state index contributed by atoms with van der Waals surface area (Å²) in [5.41, 5.74) is 0.611. The summed E-state index contributed by atoms with van der Waals surface area (Å²) in [7, 11) is 3.22. The zero-order chi connectivity index (χ0) is 11.4. The topological polar surface area (TPSA) is 69.6 Å². The summed E-state index contributed by atoms with van der Waals surface area (Å²) in [6, 6.07) is 5.79. The number of carboxylic acid groups (broad SMARTS) is 1. The van der Waals surface area contributed by atoms with Gasteiger partial charge in [0.05, 0.1) is 5.56 Å². The number of hydrogen-bond acceptors (Lipinski definition) is 2. The van der Waals surface area contributed by atoms with Gasteiger partial charge in [-0.1, -0.05) is 6.07 Å². The molecule has 0 heterocycles. The maximum Gasteiger partial charge on any atom is 0.335 e. The Kier molecular flexibility index (Phi) is 3.28. The molecule has 1 rings (SSSR count). The van der Waals surface area contributed by atoms with Crippen LogP contribution in [-0.4, -0.2) is 36.1 Å². The number of nitrogens with zero attached hydrogens (tertiary/aromatic N) is 1. The Bertz CT molecular complexity index is 388. The average molecular weight is 208 g/mol. The van der Waals surface area contributed by atoms with E-state index >= 15 is 0 Å². The second-order valence-electron chi connectivity index (χ2n) is 3.21. The molecule has 0 aromatic heterocycles. The van der Waals surface area contributed by atoms with E-state index in [9.17, 15) is 9.59 Å². The van der Waals surface area contributed by atoms with Gasteiger partial charge in [-0.2, -0.15) is 0 Å². The third-order valence-electron chi connectivity index (χ3n) is 1.77. The Labute approximate surface area is 87.3 Å². The summed E-state index contributed by atoms with van der Waals surface area (Å²) < 4.78 is 0. The van der Waals surface area contributed by atoms with Crippen LogP contribution in [0, 0.1) is 0 Å². The Morgan fingerprint density at radius 3 is 2.53 bits per heavy atom. The van der Waals surface area contributed by atoms with E-state index in [0.717, 1.165) is 0 Å². The largest absolute Gasteiger partial charge is 0.478 e. The third-order valence-corrected chi connectivity index (χ3v) is 1.77. The van der Waals surface area contributed by atoms with Crippen molar-refractivity contribution < 1.29 is 14.7 Å². The van der Waals surface area contributed by atoms with E-state index in [2.05, 4.69) is 5.32 Å². The number of carbonyl (C=O) groups excluding carboxylic acids is 1. The van der Waals surface area contributed by atoms with Crippen LogP contribution in [0.5, 0.6) is 0 Å². The van der Waals surface area contributed by atoms with Crippen molar-refractivity contribution >= 4 is 17.7 Å². The Hall–Kier alpha value is -2.04. The number of carboxylic acids is 1. The summed E-state index contributed by atoms with van der Waals surface area (Å²) in [5, 5.41) is 11.3. The van der Waals surface area contributed by atoms with Crippen molar-refractivity contribution in [1.82, 2.24) is 4.90 Å². The van der Waals surface area contributed by atoms with Crippen LogP contribution in [0.15, 0.2) is 24.3 Å². The summed E-state index contributed by atoms with van der Waals surface area (Å²) in [6.45, 7) is 0. The molecule has 5 nitrogen and oxygen atoms in total. The molecule has 0 fully saturated rings. The number of urea groups is 1. The van der Waals surface area contributed by atoms with Gasteiger partial charge in [-0.05, 0) is 18.2 Å². The monoisotopic (exact) mass is 208 g/mol. The van der Waals surface area contributed by atoms with Crippen molar-refractivity contribution in [2.75, 3.05) is 19.4 Å². The third kappa shape index (κ3) is 2.98. The minimum absolute atomic E-state index is 0.145. The fraction of sp³-hybridized carbons (Fsp3) is 0.200. The Morgan fingerprint density at radius 1 is 1.33 bits per heavy atom. The van der Waals surface area contributed by atoms with Crippen LogP contribution >= 0.6 is 0 Å². The molecule has 0 atom stereocenters. The van der Waals surface area contributed by atoms with Gasteiger partial charge >= 0.3 is 12.0 Å². The van der Waals surface area contributed by atoms with E-state index in [1.165, 1.54) is 17.0 Å². The second kappa shape index (κ2) is 4.45. The van der Waals surface area contributed by atoms with E-state index in [1.54, 1.807) is 26.2 Å². The zero-order valence-corrected chi connectivity index (χ0v) is 8.52. The summed E-state index contributed by atoms with van der Waals surface area (Å²) >= 11 is 0. The molecule has 2 N–H and O–H groups in total. The van der Waals surface area contributed by atoms with Gasteiger partial charge in [0.1, 0.15) is 0 Å². The summed E-state index contributed by atoms with van der Waals surface area (Å²) in [5.74, 6) is -1.02. The molecule has 15 heavy (non-hydrogen) atoms. The second-order valence-corrected chi connectivity index (χ2v) is 3.21. The standard InChI is InChI=1S/C10H12N2O3/c1-12(2)10(15)11-8-5-3-4-7(6-8)9(13)14/h3-6H,1-2H3,(H,11,15)(H,13,14). The highest BCUT2D eigenvalue weighted by Gasteiger charge is 2.06. The summed E-state index contributed by atoms with van der Waals surface area (Å²) in [4.78, 5) is 23.3. The summed E-state index contributed by atoms with van der Waals surface area (Å²) in [6.07, 6.45) is 0. The highest BCUT2D eigenvalue weighted by molar-refractivity contribution is 5.92. The molecule has 0 unspecified atom stereocenters. The van der Waals surface area contributed by atoms with Gasteiger partial charge in [0, 0.05) is 19.8 Å². The molecule has 1 aromatic carbocycles. The number of nitrogens with one attached hydrogen (secondary N) is 1. The van der Waals surface area contributed by atoms with Crippen LogP contribution in [0.2, 0.25) is 0 Å². The molecule has 0 aliphatic carbocycles. The Morgan fingerprint density at radius 2 is 2.00 bits per heavy atom. The fourth-order valence-electron chi connectivity index (χ4n) is 0.965. The van der Waals surface area contributed by atoms with Gasteiger partial charge in [-0.3, -0.25) is 0 Å². The van der Waals surface area contributed by atoms with Gasteiger partial charge in [0.2, 0.25) is 0 Å². The molecule has 0 aliphatic heterocycles. The Balaban J connectivity index is 2.83. The van der Waals surface area contributed by atoms with Crippen molar-refractivity contribution in [3.63, 3.8) is 0 Å². The molecule has 1 aromatic rings. The number of benzene rings is 1. The molecule has 5 heteroatoms. The van der Waals surface area contributed by atoms with Gasteiger partial charge in [0.15, 0.2) is 0 Å². The van der Waals surface area contributed by atoms with E-state index in [0.29, 0.717) is 5.69 Å². The van der Waals surface area contributed by atoms with Crippen LogP contribution in [0.3, 0.4) is 0 Å².